The average Bonchev–Trinajstić information content (AvgIpc) is 3.03. The molecule has 176 valence electrons. The fourth-order valence-electron chi connectivity index (χ4n) is 3.34. The van der Waals surface area contributed by atoms with Crippen LogP contribution < -0.4 is 5.32 Å². The molecule has 1 fully saturated rings. The van der Waals surface area contributed by atoms with Crippen LogP contribution >= 0.6 is 0 Å². The van der Waals surface area contributed by atoms with Crippen LogP contribution in [0.2, 0.25) is 0 Å². The summed E-state index contributed by atoms with van der Waals surface area (Å²) in [7, 11) is 0. The Kier molecular flexibility index (Phi) is 7.83. The second-order valence-corrected chi connectivity index (χ2v) is 11.0. The van der Waals surface area contributed by atoms with Gasteiger partial charge in [0.05, 0.1) is 29.6 Å². The summed E-state index contributed by atoms with van der Waals surface area (Å²) in [5, 5.41) is 13.2. The van der Waals surface area contributed by atoms with Gasteiger partial charge in [-0.25, -0.2) is 0 Å². The zero-order valence-corrected chi connectivity index (χ0v) is 20.8. The van der Waals surface area contributed by atoms with Gasteiger partial charge in [0.2, 0.25) is 0 Å². The fraction of sp³-hybridized carbons (Fsp3) is 0.913. The topological polar surface area (TPSA) is 104 Å². The molecule has 3 atom stereocenters. The van der Waals surface area contributed by atoms with Crippen molar-refractivity contribution in [2.24, 2.45) is 11.3 Å². The number of nitrogens with one attached hydrogen (secondary N) is 1. The first kappa shape index (κ1) is 26.9. The van der Waals surface area contributed by atoms with E-state index in [4.69, 9.17) is 14.2 Å². The summed E-state index contributed by atoms with van der Waals surface area (Å²) in [5.74, 6) is -1.39. The van der Waals surface area contributed by atoms with Crippen molar-refractivity contribution < 1.29 is 28.9 Å². The van der Waals surface area contributed by atoms with Gasteiger partial charge in [-0.15, -0.1) is 0 Å². The van der Waals surface area contributed by atoms with Gasteiger partial charge >= 0.3 is 11.9 Å². The zero-order valence-electron chi connectivity index (χ0n) is 20.8. The minimum absolute atomic E-state index is 0.121. The van der Waals surface area contributed by atoms with Gasteiger partial charge in [-0.05, 0) is 61.8 Å². The molecule has 0 saturated carbocycles. The van der Waals surface area contributed by atoms with Crippen molar-refractivity contribution in [1.29, 1.82) is 0 Å². The smallest absolute Gasteiger partial charge is 0.311 e. The molecule has 3 unspecified atom stereocenters. The van der Waals surface area contributed by atoms with E-state index in [2.05, 4.69) is 5.32 Å². The fourth-order valence-corrected chi connectivity index (χ4v) is 3.34. The molecule has 1 aliphatic heterocycles. The van der Waals surface area contributed by atoms with Gasteiger partial charge in [0, 0.05) is 12.0 Å². The van der Waals surface area contributed by atoms with E-state index in [-0.39, 0.29) is 24.0 Å². The summed E-state index contributed by atoms with van der Waals surface area (Å²) < 4.78 is 17.2. The number of carbonyl (C=O) groups is 2. The van der Waals surface area contributed by atoms with Gasteiger partial charge in [0.15, 0.2) is 5.72 Å². The Hall–Kier alpha value is -1.18. The molecule has 1 heterocycles. The highest BCUT2D eigenvalue weighted by atomic mass is 16.6. The second kappa shape index (κ2) is 8.75. The molecule has 30 heavy (non-hydrogen) atoms. The zero-order chi connectivity index (χ0) is 23.8. The molecule has 1 saturated heterocycles. The Morgan fingerprint density at radius 3 is 2.03 bits per heavy atom. The van der Waals surface area contributed by atoms with Crippen molar-refractivity contribution in [2.75, 3.05) is 6.61 Å². The molecule has 0 aromatic heterocycles. The molecule has 0 aliphatic carbocycles. The van der Waals surface area contributed by atoms with Crippen LogP contribution in [0.5, 0.6) is 0 Å². The minimum Gasteiger partial charge on any atom is -0.459 e. The van der Waals surface area contributed by atoms with Crippen molar-refractivity contribution in [2.45, 2.75) is 118 Å². The van der Waals surface area contributed by atoms with Crippen molar-refractivity contribution in [3.05, 3.63) is 0 Å². The van der Waals surface area contributed by atoms with E-state index in [1.54, 1.807) is 34.6 Å². The van der Waals surface area contributed by atoms with E-state index in [9.17, 15) is 14.7 Å². The highest BCUT2D eigenvalue weighted by Gasteiger charge is 2.64. The summed E-state index contributed by atoms with van der Waals surface area (Å²) >= 11 is 0. The third-order valence-electron chi connectivity index (χ3n) is 6.80. The number of hydrogen-bond donors (Lipinski definition) is 2. The van der Waals surface area contributed by atoms with Crippen LogP contribution in [0.25, 0.3) is 0 Å². The molecule has 0 bridgehead atoms. The van der Waals surface area contributed by atoms with Gasteiger partial charge in [-0.1, -0.05) is 20.8 Å². The normalized spacial score (nSPS) is 25.8. The van der Waals surface area contributed by atoms with Crippen LogP contribution in [0.3, 0.4) is 0 Å². The first-order chi connectivity index (χ1) is 13.3. The summed E-state index contributed by atoms with van der Waals surface area (Å²) in [4.78, 5) is 25.3. The molecular weight excluding hydrogens is 386 g/mol. The molecule has 0 amide bonds. The van der Waals surface area contributed by atoms with Crippen LogP contribution in [0.1, 0.15) is 89.0 Å². The Labute approximate surface area is 182 Å². The number of rotatable bonds is 11. The third-order valence-corrected chi connectivity index (χ3v) is 6.80. The molecule has 2 N–H and O–H groups in total. The Morgan fingerprint density at radius 1 is 1.03 bits per heavy atom. The summed E-state index contributed by atoms with van der Waals surface area (Å²) in [5.41, 5.74) is -3.90. The lowest BCUT2D eigenvalue weighted by Gasteiger charge is -2.44. The Balaban J connectivity index is 2.77. The molecule has 0 radical (unpaired) electrons. The maximum Gasteiger partial charge on any atom is 0.311 e. The highest BCUT2D eigenvalue weighted by molar-refractivity contribution is 5.75. The van der Waals surface area contributed by atoms with E-state index in [0.717, 1.165) is 6.42 Å². The van der Waals surface area contributed by atoms with Crippen LogP contribution in [0, 0.1) is 11.3 Å². The van der Waals surface area contributed by atoms with Gasteiger partial charge in [-0.2, -0.15) is 0 Å². The number of aliphatic hydroxyl groups is 1. The van der Waals surface area contributed by atoms with Crippen LogP contribution in [0.4, 0.5) is 0 Å². The first-order valence-electron chi connectivity index (χ1n) is 10.8. The van der Waals surface area contributed by atoms with E-state index in [1.807, 2.05) is 41.5 Å². The molecule has 0 spiro atoms. The van der Waals surface area contributed by atoms with Crippen molar-refractivity contribution >= 4 is 11.9 Å². The molecule has 7 heteroatoms. The molecular formula is C23H43NO6. The lowest BCUT2D eigenvalue weighted by molar-refractivity contribution is -0.186. The number of ether oxygens (including phenoxy) is 3. The second-order valence-electron chi connectivity index (χ2n) is 11.0. The number of hydrogen-bond acceptors (Lipinski definition) is 7. The van der Waals surface area contributed by atoms with Gasteiger partial charge in [0.25, 0.3) is 0 Å². The summed E-state index contributed by atoms with van der Waals surface area (Å²) in [6, 6.07) is 0. The number of esters is 2. The molecule has 7 nitrogen and oxygen atoms in total. The van der Waals surface area contributed by atoms with Crippen molar-refractivity contribution in [3.63, 3.8) is 0 Å². The monoisotopic (exact) mass is 429 g/mol. The van der Waals surface area contributed by atoms with Crippen LogP contribution in [-0.2, 0) is 23.8 Å². The maximum atomic E-state index is 13.0. The molecule has 0 aromatic rings. The quantitative estimate of drug-likeness (QED) is 0.382. The largest absolute Gasteiger partial charge is 0.459 e. The highest BCUT2D eigenvalue weighted by Crippen LogP contribution is 2.46. The van der Waals surface area contributed by atoms with E-state index in [1.165, 1.54) is 0 Å². The van der Waals surface area contributed by atoms with Crippen molar-refractivity contribution in [1.82, 2.24) is 5.32 Å². The van der Waals surface area contributed by atoms with E-state index >= 15 is 0 Å². The van der Waals surface area contributed by atoms with Gasteiger partial charge < -0.3 is 19.3 Å². The third kappa shape index (κ3) is 6.41. The SMILES string of the molecule is CC(C)OCCC1(C)NC1(C)OC(=O)C(C)C(C)(C)C(C)(C)OC(=O)CC(C)(C)O. The van der Waals surface area contributed by atoms with Crippen molar-refractivity contribution in [3.8, 4) is 0 Å². The van der Waals surface area contributed by atoms with E-state index in [0.29, 0.717) is 6.61 Å². The first-order valence-corrected chi connectivity index (χ1v) is 10.8. The van der Waals surface area contributed by atoms with Crippen LogP contribution in [0.15, 0.2) is 0 Å². The average molecular weight is 430 g/mol. The molecule has 1 rings (SSSR count). The lowest BCUT2D eigenvalue weighted by Crippen LogP contribution is -2.50. The van der Waals surface area contributed by atoms with E-state index < -0.39 is 34.2 Å². The predicted molar refractivity (Wildman–Crippen MR) is 116 cm³/mol. The standard InChI is InChI=1S/C23H43NO6/c1-15(2)28-13-12-22(10)23(11,24-22)30-18(26)16(3)20(6,7)21(8,9)29-17(25)14-19(4,5)27/h15-16,24,27H,12-14H2,1-11H3. The summed E-state index contributed by atoms with van der Waals surface area (Å²) in [6.45, 7) is 20.7. The minimum atomic E-state index is -1.15. The summed E-state index contributed by atoms with van der Waals surface area (Å²) in [6.07, 6.45) is 0.764. The number of carbonyl (C=O) groups excluding carboxylic acids is 2. The van der Waals surface area contributed by atoms with Gasteiger partial charge in [-0.3, -0.25) is 14.9 Å². The molecule has 0 aromatic carbocycles. The lowest BCUT2D eigenvalue weighted by atomic mass is 9.68. The molecule has 1 aliphatic rings. The van der Waals surface area contributed by atoms with Crippen LogP contribution in [-0.4, -0.2) is 52.2 Å². The Morgan fingerprint density at radius 2 is 1.57 bits per heavy atom. The Bertz CT molecular complexity index is 636. The maximum absolute atomic E-state index is 13.0. The van der Waals surface area contributed by atoms with Gasteiger partial charge in [0.1, 0.15) is 5.60 Å². The predicted octanol–water partition coefficient (Wildman–Crippen LogP) is 3.57.